The van der Waals surface area contributed by atoms with Crippen LogP contribution in [0.25, 0.3) is 6.08 Å². The number of amides is 1. The monoisotopic (exact) mass is 304 g/mol. The van der Waals surface area contributed by atoms with Crippen LogP contribution in [0.4, 0.5) is 5.69 Å². The normalized spacial score (nSPS) is 16.7. The molecule has 5 heteroatoms. The molecule has 1 atom stereocenters. The standard InChI is InChI=1S/C17H24N2O3/c1-14(13-20)12-18-17(21)7-4-15-2-5-16(6-3-15)19-8-10-22-11-9-19/h2-7,14,20H,8-13H2,1H3,(H,18,21)/b7-4+. The molecule has 1 unspecified atom stereocenters. The van der Waals surface area contributed by atoms with Crippen LogP contribution in [0.1, 0.15) is 12.5 Å². The van der Waals surface area contributed by atoms with Gasteiger partial charge in [-0.05, 0) is 29.7 Å². The minimum atomic E-state index is -0.141. The molecule has 0 saturated carbocycles. The highest BCUT2D eigenvalue weighted by Crippen LogP contribution is 2.17. The number of nitrogens with zero attached hydrogens (tertiary/aromatic N) is 1. The molecule has 1 heterocycles. The predicted octanol–water partition coefficient (Wildman–Crippen LogP) is 1.28. The van der Waals surface area contributed by atoms with E-state index in [0.717, 1.165) is 31.9 Å². The predicted molar refractivity (Wildman–Crippen MR) is 87.8 cm³/mol. The molecule has 1 aromatic carbocycles. The Balaban J connectivity index is 1.85. The molecule has 1 fully saturated rings. The number of hydrogen-bond donors (Lipinski definition) is 2. The van der Waals surface area contributed by atoms with Crippen molar-refractivity contribution in [1.29, 1.82) is 0 Å². The highest BCUT2D eigenvalue weighted by molar-refractivity contribution is 5.91. The first kappa shape index (κ1) is 16.5. The van der Waals surface area contributed by atoms with Crippen molar-refractivity contribution in [2.75, 3.05) is 44.4 Å². The maximum absolute atomic E-state index is 11.6. The van der Waals surface area contributed by atoms with Crippen molar-refractivity contribution < 1.29 is 14.6 Å². The molecule has 2 rings (SSSR count). The van der Waals surface area contributed by atoms with E-state index in [1.807, 2.05) is 19.1 Å². The Bertz CT molecular complexity index is 493. The van der Waals surface area contributed by atoms with Crippen LogP contribution in [0.3, 0.4) is 0 Å². The third-order valence-electron chi connectivity index (χ3n) is 3.63. The molecular weight excluding hydrogens is 280 g/mol. The summed E-state index contributed by atoms with van der Waals surface area (Å²) in [6, 6.07) is 8.14. The molecule has 0 aromatic heterocycles. The first-order chi connectivity index (χ1) is 10.7. The largest absolute Gasteiger partial charge is 0.396 e. The third kappa shape index (κ3) is 5.16. The average Bonchev–Trinajstić information content (AvgIpc) is 2.59. The second kappa shape index (κ2) is 8.56. The lowest BCUT2D eigenvalue weighted by atomic mass is 10.1. The summed E-state index contributed by atoms with van der Waals surface area (Å²) in [5.41, 5.74) is 2.17. The second-order valence-electron chi connectivity index (χ2n) is 5.56. The van der Waals surface area contributed by atoms with Crippen molar-refractivity contribution in [3.63, 3.8) is 0 Å². The van der Waals surface area contributed by atoms with Crippen molar-refractivity contribution in [2.45, 2.75) is 6.92 Å². The van der Waals surface area contributed by atoms with Crippen LogP contribution >= 0.6 is 0 Å². The van der Waals surface area contributed by atoms with Gasteiger partial charge in [0.05, 0.1) is 13.2 Å². The highest BCUT2D eigenvalue weighted by Gasteiger charge is 2.10. The van der Waals surface area contributed by atoms with E-state index in [0.29, 0.717) is 6.54 Å². The summed E-state index contributed by atoms with van der Waals surface area (Å²) >= 11 is 0. The van der Waals surface area contributed by atoms with Gasteiger partial charge in [-0.15, -0.1) is 0 Å². The van der Waals surface area contributed by atoms with Crippen molar-refractivity contribution >= 4 is 17.7 Å². The Morgan fingerprint density at radius 3 is 2.68 bits per heavy atom. The number of benzene rings is 1. The van der Waals surface area contributed by atoms with Crippen molar-refractivity contribution in [1.82, 2.24) is 5.32 Å². The number of carbonyl (C=O) groups is 1. The maximum atomic E-state index is 11.6. The molecule has 2 N–H and O–H groups in total. The van der Waals surface area contributed by atoms with Gasteiger partial charge in [-0.3, -0.25) is 4.79 Å². The summed E-state index contributed by atoms with van der Waals surface area (Å²) in [5.74, 6) is -0.0669. The Morgan fingerprint density at radius 2 is 2.05 bits per heavy atom. The van der Waals surface area contributed by atoms with E-state index in [-0.39, 0.29) is 18.4 Å². The van der Waals surface area contributed by atoms with Gasteiger partial charge in [-0.25, -0.2) is 0 Å². The van der Waals surface area contributed by atoms with Crippen LogP contribution in [0.2, 0.25) is 0 Å². The Labute approximate surface area is 131 Å². The second-order valence-corrected chi connectivity index (χ2v) is 5.56. The van der Waals surface area contributed by atoms with Crippen LogP contribution in [0.5, 0.6) is 0 Å². The summed E-state index contributed by atoms with van der Waals surface area (Å²) in [6.07, 6.45) is 3.32. The summed E-state index contributed by atoms with van der Waals surface area (Å²) in [7, 11) is 0. The summed E-state index contributed by atoms with van der Waals surface area (Å²) < 4.78 is 5.34. The Morgan fingerprint density at radius 1 is 1.36 bits per heavy atom. The number of hydrogen-bond acceptors (Lipinski definition) is 4. The topological polar surface area (TPSA) is 61.8 Å². The Kier molecular flexibility index (Phi) is 6.43. The zero-order valence-corrected chi connectivity index (χ0v) is 13.0. The Hall–Kier alpha value is -1.85. The average molecular weight is 304 g/mol. The van der Waals surface area contributed by atoms with E-state index < -0.39 is 0 Å². The van der Waals surface area contributed by atoms with Crippen LogP contribution in [-0.2, 0) is 9.53 Å². The summed E-state index contributed by atoms with van der Waals surface area (Å²) in [6.45, 7) is 5.82. The van der Waals surface area contributed by atoms with Crippen LogP contribution < -0.4 is 10.2 Å². The molecule has 0 bridgehead atoms. The molecule has 1 amide bonds. The number of nitrogens with one attached hydrogen (secondary N) is 1. The van der Waals surface area contributed by atoms with Gasteiger partial charge in [0.15, 0.2) is 0 Å². The lowest BCUT2D eigenvalue weighted by molar-refractivity contribution is -0.116. The van der Waals surface area contributed by atoms with E-state index in [1.165, 1.54) is 11.8 Å². The van der Waals surface area contributed by atoms with E-state index >= 15 is 0 Å². The fourth-order valence-electron chi connectivity index (χ4n) is 2.19. The highest BCUT2D eigenvalue weighted by atomic mass is 16.5. The molecule has 1 aliphatic heterocycles. The first-order valence-corrected chi connectivity index (χ1v) is 7.68. The quantitative estimate of drug-likeness (QED) is 0.777. The molecule has 0 spiro atoms. The number of aliphatic hydroxyl groups is 1. The van der Waals surface area contributed by atoms with Gasteiger partial charge in [0.1, 0.15) is 0 Å². The summed E-state index contributed by atoms with van der Waals surface area (Å²) in [4.78, 5) is 13.9. The van der Waals surface area contributed by atoms with Gasteiger partial charge in [0.2, 0.25) is 5.91 Å². The summed E-state index contributed by atoms with van der Waals surface area (Å²) in [5, 5.41) is 11.7. The number of ether oxygens (including phenoxy) is 1. The maximum Gasteiger partial charge on any atom is 0.244 e. The lowest BCUT2D eigenvalue weighted by Crippen LogP contribution is -2.36. The number of carbonyl (C=O) groups excluding carboxylic acids is 1. The lowest BCUT2D eigenvalue weighted by Gasteiger charge is -2.28. The molecule has 1 aromatic rings. The minimum Gasteiger partial charge on any atom is -0.396 e. The van der Waals surface area contributed by atoms with Crippen molar-refractivity contribution in [3.05, 3.63) is 35.9 Å². The smallest absolute Gasteiger partial charge is 0.244 e. The number of aliphatic hydroxyl groups excluding tert-OH is 1. The van der Waals surface area contributed by atoms with E-state index in [4.69, 9.17) is 9.84 Å². The van der Waals surface area contributed by atoms with Gasteiger partial charge in [-0.2, -0.15) is 0 Å². The van der Waals surface area contributed by atoms with Crippen LogP contribution in [0.15, 0.2) is 30.3 Å². The van der Waals surface area contributed by atoms with Gasteiger partial charge in [0, 0.05) is 38.0 Å². The molecule has 5 nitrogen and oxygen atoms in total. The van der Waals surface area contributed by atoms with Gasteiger partial charge < -0.3 is 20.1 Å². The van der Waals surface area contributed by atoms with E-state index in [1.54, 1.807) is 6.08 Å². The van der Waals surface area contributed by atoms with Crippen LogP contribution in [0, 0.1) is 5.92 Å². The van der Waals surface area contributed by atoms with E-state index in [2.05, 4.69) is 22.3 Å². The number of morpholine rings is 1. The molecular formula is C17H24N2O3. The molecule has 22 heavy (non-hydrogen) atoms. The zero-order valence-electron chi connectivity index (χ0n) is 13.0. The molecule has 0 aliphatic carbocycles. The third-order valence-corrected chi connectivity index (χ3v) is 3.63. The fraction of sp³-hybridized carbons (Fsp3) is 0.471. The molecule has 1 saturated heterocycles. The first-order valence-electron chi connectivity index (χ1n) is 7.68. The fourth-order valence-corrected chi connectivity index (χ4v) is 2.19. The van der Waals surface area contributed by atoms with Gasteiger partial charge >= 0.3 is 0 Å². The molecule has 1 aliphatic rings. The van der Waals surface area contributed by atoms with Crippen molar-refractivity contribution in [3.8, 4) is 0 Å². The zero-order chi connectivity index (χ0) is 15.8. The number of anilines is 1. The van der Waals surface area contributed by atoms with E-state index in [9.17, 15) is 4.79 Å². The molecule has 0 radical (unpaired) electrons. The minimum absolute atomic E-state index is 0.0742. The van der Waals surface area contributed by atoms with Crippen molar-refractivity contribution in [2.24, 2.45) is 5.92 Å². The van der Waals surface area contributed by atoms with Gasteiger partial charge in [0.25, 0.3) is 0 Å². The van der Waals surface area contributed by atoms with Crippen LogP contribution in [-0.4, -0.2) is 50.5 Å². The SMILES string of the molecule is CC(CO)CNC(=O)/C=C/c1ccc(N2CCOCC2)cc1. The molecule has 120 valence electrons. The van der Waals surface area contributed by atoms with Gasteiger partial charge in [-0.1, -0.05) is 19.1 Å². The number of rotatable bonds is 6.